The fraction of sp³-hybridized carbons (Fsp3) is 0.125. The summed E-state index contributed by atoms with van der Waals surface area (Å²) in [7, 11) is 0. The van der Waals surface area contributed by atoms with E-state index in [-0.39, 0.29) is 11.5 Å². The molecule has 0 radical (unpaired) electrons. The van der Waals surface area contributed by atoms with Gasteiger partial charge in [0.2, 0.25) is 5.78 Å². The minimum atomic E-state index is -0.351. The number of oxime groups is 1. The van der Waals surface area contributed by atoms with Crippen LogP contribution in [0.1, 0.15) is 22.8 Å². The molecule has 0 unspecified atom stereocenters. The number of hydrogen-bond acceptors (Lipinski definition) is 4. The van der Waals surface area contributed by atoms with Crippen molar-refractivity contribution in [3.05, 3.63) is 65.7 Å². The molecule has 0 aromatic heterocycles. The van der Waals surface area contributed by atoms with E-state index in [1.807, 2.05) is 30.3 Å². The third-order valence-corrected chi connectivity index (χ3v) is 2.85. The maximum Gasteiger partial charge on any atom is 0.213 e. The lowest BCUT2D eigenvalue weighted by Crippen LogP contribution is -2.12. The fourth-order valence-corrected chi connectivity index (χ4v) is 1.76. The zero-order chi connectivity index (χ0) is 14.4. The largest absolute Gasteiger partial charge is 0.488 e. The average molecular weight is 269 g/mol. The van der Waals surface area contributed by atoms with Crippen molar-refractivity contribution < 1.29 is 14.7 Å². The number of ether oxygens (including phenoxy) is 1. The van der Waals surface area contributed by atoms with Crippen LogP contribution in [-0.2, 0) is 6.61 Å². The Kier molecular flexibility index (Phi) is 4.50. The smallest absolute Gasteiger partial charge is 0.213 e. The van der Waals surface area contributed by atoms with Gasteiger partial charge >= 0.3 is 0 Å². The molecule has 0 atom stereocenters. The zero-order valence-electron chi connectivity index (χ0n) is 11.1. The molecule has 2 rings (SSSR count). The molecule has 4 nitrogen and oxygen atoms in total. The van der Waals surface area contributed by atoms with E-state index in [4.69, 9.17) is 9.94 Å². The van der Waals surface area contributed by atoms with E-state index in [0.29, 0.717) is 17.9 Å². The van der Waals surface area contributed by atoms with Crippen LogP contribution in [0.15, 0.2) is 59.8 Å². The molecule has 0 aliphatic rings. The Morgan fingerprint density at radius 2 is 1.75 bits per heavy atom. The van der Waals surface area contributed by atoms with Gasteiger partial charge in [-0.25, -0.2) is 0 Å². The molecule has 4 heteroatoms. The third kappa shape index (κ3) is 3.23. The summed E-state index contributed by atoms with van der Waals surface area (Å²) >= 11 is 0. The molecule has 0 amide bonds. The molecule has 2 aromatic rings. The molecule has 0 bridgehead atoms. The monoisotopic (exact) mass is 269 g/mol. The Balaban J connectivity index is 2.18. The number of carbonyl (C=O) groups excluding carboxylic acids is 1. The number of carbonyl (C=O) groups is 1. The molecule has 102 valence electrons. The highest BCUT2D eigenvalue weighted by molar-refractivity contribution is 6.45. The van der Waals surface area contributed by atoms with Gasteiger partial charge in [-0.15, -0.1) is 0 Å². The molecule has 2 aromatic carbocycles. The predicted molar refractivity (Wildman–Crippen MR) is 76.4 cm³/mol. The van der Waals surface area contributed by atoms with Gasteiger partial charge in [-0.3, -0.25) is 4.79 Å². The summed E-state index contributed by atoms with van der Waals surface area (Å²) in [6.45, 7) is 1.83. The van der Waals surface area contributed by atoms with Crippen LogP contribution < -0.4 is 4.74 Å². The lowest BCUT2D eigenvalue weighted by molar-refractivity contribution is 0.105. The standard InChI is InChI=1S/C16H15NO3/c1-12(17-19)16(18)14-9-5-6-10-15(14)20-11-13-7-3-2-4-8-13/h2-10,19H,11H2,1H3/b17-12-. The van der Waals surface area contributed by atoms with E-state index in [0.717, 1.165) is 5.56 Å². The number of para-hydroxylation sites is 1. The molecule has 0 aliphatic carbocycles. The first-order chi connectivity index (χ1) is 9.72. The number of nitrogens with zero attached hydrogens (tertiary/aromatic N) is 1. The number of rotatable bonds is 5. The van der Waals surface area contributed by atoms with Crippen LogP contribution in [0.2, 0.25) is 0 Å². The van der Waals surface area contributed by atoms with Crippen molar-refractivity contribution in [3.8, 4) is 5.75 Å². The van der Waals surface area contributed by atoms with Crippen LogP contribution in [-0.4, -0.2) is 16.7 Å². The third-order valence-electron chi connectivity index (χ3n) is 2.85. The van der Waals surface area contributed by atoms with Crippen molar-refractivity contribution in [3.63, 3.8) is 0 Å². The maximum atomic E-state index is 12.0. The van der Waals surface area contributed by atoms with Gasteiger partial charge in [0.25, 0.3) is 0 Å². The topological polar surface area (TPSA) is 58.9 Å². The van der Waals surface area contributed by atoms with E-state index in [1.54, 1.807) is 24.3 Å². The quantitative estimate of drug-likeness (QED) is 0.392. The van der Waals surface area contributed by atoms with Gasteiger partial charge in [0.15, 0.2) is 0 Å². The summed E-state index contributed by atoms with van der Waals surface area (Å²) in [5.74, 6) is 0.125. The molecular weight excluding hydrogens is 254 g/mol. The summed E-state index contributed by atoms with van der Waals surface area (Å²) in [6.07, 6.45) is 0. The molecule has 0 heterocycles. The number of hydrogen-bond donors (Lipinski definition) is 1. The maximum absolute atomic E-state index is 12.0. The van der Waals surface area contributed by atoms with Gasteiger partial charge in [-0.1, -0.05) is 47.6 Å². The van der Waals surface area contributed by atoms with E-state index in [1.165, 1.54) is 6.92 Å². The second kappa shape index (κ2) is 6.52. The van der Waals surface area contributed by atoms with E-state index in [9.17, 15) is 4.79 Å². The van der Waals surface area contributed by atoms with Gasteiger partial charge in [-0.05, 0) is 24.6 Å². The Bertz CT molecular complexity index is 621. The second-order valence-corrected chi connectivity index (χ2v) is 4.28. The molecule has 0 saturated heterocycles. The van der Waals surface area contributed by atoms with E-state index in [2.05, 4.69) is 5.16 Å². The number of ketones is 1. The van der Waals surface area contributed by atoms with Crippen LogP contribution in [0, 0.1) is 0 Å². The SMILES string of the molecule is C/C(=N/O)C(=O)c1ccccc1OCc1ccccc1. The van der Waals surface area contributed by atoms with Crippen molar-refractivity contribution in [1.29, 1.82) is 0 Å². The summed E-state index contributed by atoms with van der Waals surface area (Å²) < 4.78 is 5.68. The van der Waals surface area contributed by atoms with Crippen molar-refractivity contribution >= 4 is 11.5 Å². The summed E-state index contributed by atoms with van der Waals surface area (Å²) in [4.78, 5) is 12.0. The zero-order valence-corrected chi connectivity index (χ0v) is 11.1. The minimum absolute atomic E-state index is 0.0285. The van der Waals surface area contributed by atoms with Crippen LogP contribution in [0.4, 0.5) is 0 Å². The molecule has 0 aliphatic heterocycles. The highest BCUT2D eigenvalue weighted by Crippen LogP contribution is 2.20. The summed E-state index contributed by atoms with van der Waals surface area (Å²) in [5.41, 5.74) is 1.43. The molecule has 0 fully saturated rings. The van der Waals surface area contributed by atoms with Crippen LogP contribution in [0.3, 0.4) is 0 Å². The minimum Gasteiger partial charge on any atom is -0.488 e. The predicted octanol–water partition coefficient (Wildman–Crippen LogP) is 3.30. The first-order valence-corrected chi connectivity index (χ1v) is 6.21. The Morgan fingerprint density at radius 3 is 2.45 bits per heavy atom. The summed E-state index contributed by atoms with van der Waals surface area (Å²) in [6, 6.07) is 16.6. The Labute approximate surface area is 117 Å². The van der Waals surface area contributed by atoms with Gasteiger partial charge in [0.05, 0.1) is 5.56 Å². The van der Waals surface area contributed by atoms with Crippen molar-refractivity contribution in [1.82, 2.24) is 0 Å². The van der Waals surface area contributed by atoms with Crippen LogP contribution >= 0.6 is 0 Å². The van der Waals surface area contributed by atoms with E-state index < -0.39 is 0 Å². The molecule has 20 heavy (non-hydrogen) atoms. The van der Waals surface area contributed by atoms with Crippen molar-refractivity contribution in [2.45, 2.75) is 13.5 Å². The Hall–Kier alpha value is -2.62. The Morgan fingerprint density at radius 1 is 1.10 bits per heavy atom. The van der Waals surface area contributed by atoms with E-state index >= 15 is 0 Å². The van der Waals surface area contributed by atoms with Crippen molar-refractivity contribution in [2.75, 3.05) is 0 Å². The molecule has 1 N–H and O–H groups in total. The highest BCUT2D eigenvalue weighted by Gasteiger charge is 2.15. The molecular formula is C16H15NO3. The first kappa shape index (κ1) is 13.8. The molecule has 0 spiro atoms. The lowest BCUT2D eigenvalue weighted by Gasteiger charge is -2.10. The van der Waals surface area contributed by atoms with Gasteiger partial charge < -0.3 is 9.94 Å². The fourth-order valence-electron chi connectivity index (χ4n) is 1.76. The second-order valence-electron chi connectivity index (χ2n) is 4.28. The van der Waals surface area contributed by atoms with Crippen molar-refractivity contribution in [2.24, 2.45) is 5.16 Å². The van der Waals surface area contributed by atoms with Gasteiger partial charge in [-0.2, -0.15) is 0 Å². The van der Waals surface area contributed by atoms with Crippen LogP contribution in [0.25, 0.3) is 0 Å². The average Bonchev–Trinajstić information content (AvgIpc) is 2.52. The summed E-state index contributed by atoms with van der Waals surface area (Å²) in [5, 5.41) is 11.6. The normalized spacial score (nSPS) is 11.2. The van der Waals surface area contributed by atoms with Gasteiger partial charge in [0.1, 0.15) is 18.1 Å². The first-order valence-electron chi connectivity index (χ1n) is 6.21. The highest BCUT2D eigenvalue weighted by atomic mass is 16.5. The van der Waals surface area contributed by atoms with Gasteiger partial charge in [0, 0.05) is 0 Å². The number of benzene rings is 2. The van der Waals surface area contributed by atoms with Crippen LogP contribution in [0.5, 0.6) is 5.75 Å². The molecule has 0 saturated carbocycles. The lowest BCUT2D eigenvalue weighted by atomic mass is 10.1. The number of Topliss-reactive ketones (excluding diaryl/α,β-unsaturated/α-hetero) is 1.